The molecule has 3 rings (SSSR count). The van der Waals surface area contributed by atoms with Gasteiger partial charge in [0.15, 0.2) is 11.5 Å². The Bertz CT molecular complexity index is 872. The molecule has 0 aliphatic rings. The fraction of sp³-hybridized carbons (Fsp3) is 0.222. The first-order chi connectivity index (χ1) is 12.7. The third-order valence-corrected chi connectivity index (χ3v) is 4.69. The quantitative estimate of drug-likeness (QED) is 0.374. The predicted molar refractivity (Wildman–Crippen MR) is 103 cm³/mol. The second-order valence-electron chi connectivity index (χ2n) is 5.10. The van der Waals surface area contributed by atoms with E-state index in [0.717, 1.165) is 15.8 Å². The van der Waals surface area contributed by atoms with E-state index in [1.165, 1.54) is 11.8 Å². The van der Waals surface area contributed by atoms with E-state index in [0.29, 0.717) is 35.0 Å². The van der Waals surface area contributed by atoms with Crippen molar-refractivity contribution in [2.75, 3.05) is 26.6 Å². The first-order valence-corrected chi connectivity index (χ1v) is 9.54. The van der Waals surface area contributed by atoms with Gasteiger partial charge in [-0.05, 0) is 36.4 Å². The molecule has 0 fully saturated rings. The minimum Gasteiger partial charge on any atom is -0.493 e. The average Bonchev–Trinajstić information content (AvgIpc) is 3.13. The predicted octanol–water partition coefficient (Wildman–Crippen LogP) is 4.69. The second-order valence-corrected chi connectivity index (χ2v) is 7.06. The molecule has 2 aromatic carbocycles. The highest BCUT2D eigenvalue weighted by atomic mass is 79.9. The Labute approximate surface area is 164 Å². The number of hydrogen-bond donors (Lipinski definition) is 0. The summed E-state index contributed by atoms with van der Waals surface area (Å²) < 4.78 is 22.9. The molecule has 0 unspecified atom stereocenters. The van der Waals surface area contributed by atoms with Gasteiger partial charge in [-0.3, -0.25) is 0 Å². The van der Waals surface area contributed by atoms with Crippen LogP contribution < -0.4 is 14.2 Å². The molecule has 8 heteroatoms. The summed E-state index contributed by atoms with van der Waals surface area (Å²) in [7, 11) is 3.18. The highest BCUT2D eigenvalue weighted by Gasteiger charge is 2.12. The summed E-state index contributed by atoms with van der Waals surface area (Å²) in [6.07, 6.45) is 0. The maximum absolute atomic E-state index is 5.70. The van der Waals surface area contributed by atoms with E-state index in [1.54, 1.807) is 26.4 Å². The lowest BCUT2D eigenvalue weighted by Gasteiger charge is -2.07. The van der Waals surface area contributed by atoms with Crippen molar-refractivity contribution in [1.29, 1.82) is 0 Å². The summed E-state index contributed by atoms with van der Waals surface area (Å²) in [6.45, 7) is 0.537. The molecule has 0 saturated heterocycles. The minimum absolute atomic E-state index is 0.432. The summed E-state index contributed by atoms with van der Waals surface area (Å²) in [5.74, 6) is 3.20. The van der Waals surface area contributed by atoms with Crippen LogP contribution in [-0.4, -0.2) is 36.8 Å². The topological polar surface area (TPSA) is 66.6 Å². The Morgan fingerprint density at radius 3 is 2.65 bits per heavy atom. The van der Waals surface area contributed by atoms with E-state index < -0.39 is 0 Å². The van der Waals surface area contributed by atoms with Gasteiger partial charge in [0.1, 0.15) is 5.75 Å². The molecule has 0 spiro atoms. The van der Waals surface area contributed by atoms with Crippen molar-refractivity contribution in [3.05, 3.63) is 46.9 Å². The van der Waals surface area contributed by atoms with Gasteiger partial charge < -0.3 is 18.6 Å². The molecular formula is C18H17BrN2O4S. The van der Waals surface area contributed by atoms with Gasteiger partial charge in [0.25, 0.3) is 5.22 Å². The Kier molecular flexibility index (Phi) is 6.40. The number of rotatable bonds is 8. The van der Waals surface area contributed by atoms with Gasteiger partial charge in [0, 0.05) is 15.8 Å². The monoisotopic (exact) mass is 436 g/mol. The normalized spacial score (nSPS) is 10.6. The smallest absolute Gasteiger partial charge is 0.276 e. The van der Waals surface area contributed by atoms with Crippen LogP contribution in [0.25, 0.3) is 11.5 Å². The lowest BCUT2D eigenvalue weighted by atomic mass is 10.2. The number of nitrogens with zero attached hydrogens (tertiary/aromatic N) is 2. The Balaban J connectivity index is 1.56. The standard InChI is InChI=1S/C18H17BrN2O4S/c1-22-15-7-6-12(10-16(15)23-2)17-20-21-18(25-17)26-9-8-24-14-5-3-4-13(19)11-14/h3-7,10-11H,8-9H2,1-2H3. The number of thioether (sulfide) groups is 1. The van der Waals surface area contributed by atoms with E-state index in [-0.39, 0.29) is 0 Å². The van der Waals surface area contributed by atoms with Crippen molar-refractivity contribution in [2.45, 2.75) is 5.22 Å². The first-order valence-electron chi connectivity index (χ1n) is 7.76. The van der Waals surface area contributed by atoms with Crippen molar-refractivity contribution in [1.82, 2.24) is 10.2 Å². The molecular weight excluding hydrogens is 420 g/mol. The number of halogens is 1. The number of ether oxygens (including phenoxy) is 3. The maximum Gasteiger partial charge on any atom is 0.276 e. The minimum atomic E-state index is 0.432. The van der Waals surface area contributed by atoms with E-state index >= 15 is 0 Å². The molecule has 0 atom stereocenters. The van der Waals surface area contributed by atoms with E-state index in [2.05, 4.69) is 26.1 Å². The molecule has 0 bridgehead atoms. The van der Waals surface area contributed by atoms with Crippen molar-refractivity contribution in [2.24, 2.45) is 0 Å². The fourth-order valence-corrected chi connectivity index (χ4v) is 3.16. The fourth-order valence-electron chi connectivity index (χ4n) is 2.20. The molecule has 0 radical (unpaired) electrons. The summed E-state index contributed by atoms with van der Waals surface area (Å²) >= 11 is 4.86. The van der Waals surface area contributed by atoms with Crippen LogP contribution in [0, 0.1) is 0 Å². The molecule has 136 valence electrons. The Morgan fingerprint density at radius 1 is 1.04 bits per heavy atom. The van der Waals surface area contributed by atoms with Gasteiger partial charge >= 0.3 is 0 Å². The van der Waals surface area contributed by atoms with Gasteiger partial charge in [-0.15, -0.1) is 10.2 Å². The van der Waals surface area contributed by atoms with Crippen LogP contribution in [0.2, 0.25) is 0 Å². The molecule has 26 heavy (non-hydrogen) atoms. The third-order valence-electron chi connectivity index (χ3n) is 3.41. The first kappa shape index (κ1) is 18.6. The molecule has 0 saturated carbocycles. The lowest BCUT2D eigenvalue weighted by molar-refractivity contribution is 0.343. The molecule has 6 nitrogen and oxygen atoms in total. The van der Waals surface area contributed by atoms with Crippen LogP contribution in [0.5, 0.6) is 17.2 Å². The molecule has 1 aromatic heterocycles. The summed E-state index contributed by atoms with van der Waals surface area (Å²) in [5, 5.41) is 8.64. The number of methoxy groups -OCH3 is 2. The van der Waals surface area contributed by atoms with E-state index in [1.807, 2.05) is 30.3 Å². The summed E-state index contributed by atoms with van der Waals surface area (Å²) in [6, 6.07) is 13.2. The molecule has 0 N–H and O–H groups in total. The van der Waals surface area contributed by atoms with Crippen LogP contribution in [0.4, 0.5) is 0 Å². The average molecular weight is 437 g/mol. The van der Waals surface area contributed by atoms with Crippen molar-refractivity contribution in [3.8, 4) is 28.7 Å². The van der Waals surface area contributed by atoms with Crippen LogP contribution in [0.3, 0.4) is 0 Å². The van der Waals surface area contributed by atoms with Crippen LogP contribution >= 0.6 is 27.7 Å². The van der Waals surface area contributed by atoms with Gasteiger partial charge in [0.05, 0.1) is 20.8 Å². The Morgan fingerprint density at radius 2 is 1.88 bits per heavy atom. The lowest BCUT2D eigenvalue weighted by Crippen LogP contribution is -1.99. The van der Waals surface area contributed by atoms with Crippen molar-refractivity contribution >= 4 is 27.7 Å². The van der Waals surface area contributed by atoms with Gasteiger partial charge in [-0.1, -0.05) is 33.8 Å². The van der Waals surface area contributed by atoms with Crippen LogP contribution in [0.1, 0.15) is 0 Å². The highest BCUT2D eigenvalue weighted by molar-refractivity contribution is 9.10. The van der Waals surface area contributed by atoms with E-state index in [9.17, 15) is 0 Å². The summed E-state index contributed by atoms with van der Waals surface area (Å²) in [5.41, 5.74) is 0.771. The van der Waals surface area contributed by atoms with Gasteiger partial charge in [-0.25, -0.2) is 0 Å². The number of aromatic nitrogens is 2. The zero-order valence-corrected chi connectivity index (χ0v) is 16.7. The van der Waals surface area contributed by atoms with Gasteiger partial charge in [0.2, 0.25) is 5.89 Å². The Hall–Kier alpha value is -2.19. The van der Waals surface area contributed by atoms with Crippen molar-refractivity contribution in [3.63, 3.8) is 0 Å². The number of hydrogen-bond acceptors (Lipinski definition) is 7. The summed E-state index contributed by atoms with van der Waals surface area (Å²) in [4.78, 5) is 0. The highest BCUT2D eigenvalue weighted by Crippen LogP contribution is 2.32. The largest absolute Gasteiger partial charge is 0.493 e. The molecule has 0 aliphatic heterocycles. The molecule has 3 aromatic rings. The van der Waals surface area contributed by atoms with Crippen molar-refractivity contribution < 1.29 is 18.6 Å². The molecule has 0 amide bonds. The zero-order valence-electron chi connectivity index (χ0n) is 14.3. The van der Waals surface area contributed by atoms with Gasteiger partial charge in [-0.2, -0.15) is 0 Å². The second kappa shape index (κ2) is 8.95. The zero-order chi connectivity index (χ0) is 18.4. The molecule has 1 heterocycles. The SMILES string of the molecule is COc1ccc(-c2nnc(SCCOc3cccc(Br)c3)o2)cc1OC. The van der Waals surface area contributed by atoms with Crippen LogP contribution in [0.15, 0.2) is 56.6 Å². The number of benzene rings is 2. The van der Waals surface area contributed by atoms with E-state index in [4.69, 9.17) is 18.6 Å². The van der Waals surface area contributed by atoms with Crippen LogP contribution in [-0.2, 0) is 0 Å². The molecule has 0 aliphatic carbocycles. The maximum atomic E-state index is 5.70. The third kappa shape index (κ3) is 4.70.